The maximum atomic E-state index is 14.2. The van der Waals surface area contributed by atoms with Crippen molar-refractivity contribution >= 4 is 21.4 Å². The standard InChI is InChI=1S/C20H13F2NS/c1-12-7-8-23-10-17(12)15-3-2-4-16-18(11-24-20(15)16)14-6-5-13(21)9-19(14)22/h2-11H,1H3. The first-order chi connectivity index (χ1) is 11.6. The molecule has 0 aliphatic rings. The molecule has 1 nitrogen and oxygen atoms in total. The fourth-order valence-electron chi connectivity index (χ4n) is 2.93. The van der Waals surface area contributed by atoms with Gasteiger partial charge in [-0.1, -0.05) is 18.2 Å². The van der Waals surface area contributed by atoms with Crippen LogP contribution in [0.3, 0.4) is 0 Å². The average molecular weight is 337 g/mol. The fraction of sp³-hybridized carbons (Fsp3) is 0.0500. The lowest BCUT2D eigenvalue weighted by Gasteiger charge is -2.07. The number of halogens is 2. The van der Waals surface area contributed by atoms with E-state index in [-0.39, 0.29) is 0 Å². The van der Waals surface area contributed by atoms with E-state index in [0.717, 1.165) is 38.4 Å². The highest BCUT2D eigenvalue weighted by Crippen LogP contribution is 2.40. The van der Waals surface area contributed by atoms with E-state index in [4.69, 9.17) is 0 Å². The Kier molecular flexibility index (Phi) is 3.62. The molecule has 0 bridgehead atoms. The van der Waals surface area contributed by atoms with Gasteiger partial charge in [0.25, 0.3) is 0 Å². The van der Waals surface area contributed by atoms with Crippen LogP contribution in [0.4, 0.5) is 8.78 Å². The second-order valence-corrected chi connectivity index (χ2v) is 6.53. The van der Waals surface area contributed by atoms with Gasteiger partial charge in [-0.05, 0) is 36.1 Å². The third-order valence-electron chi connectivity index (χ3n) is 4.15. The fourth-order valence-corrected chi connectivity index (χ4v) is 4.03. The molecular weight excluding hydrogens is 324 g/mol. The summed E-state index contributed by atoms with van der Waals surface area (Å²) < 4.78 is 28.4. The molecule has 0 N–H and O–H groups in total. The number of aromatic nitrogens is 1. The third-order valence-corrected chi connectivity index (χ3v) is 5.18. The molecule has 0 aliphatic carbocycles. The maximum absolute atomic E-state index is 14.2. The zero-order chi connectivity index (χ0) is 16.7. The van der Waals surface area contributed by atoms with Crippen molar-refractivity contribution in [1.82, 2.24) is 4.98 Å². The molecule has 2 heterocycles. The summed E-state index contributed by atoms with van der Waals surface area (Å²) in [6.45, 7) is 2.05. The molecule has 0 spiro atoms. The zero-order valence-electron chi connectivity index (χ0n) is 12.9. The van der Waals surface area contributed by atoms with Gasteiger partial charge in [0.05, 0.1) is 0 Å². The summed E-state index contributed by atoms with van der Waals surface area (Å²) in [5.41, 5.74) is 4.49. The highest BCUT2D eigenvalue weighted by Gasteiger charge is 2.15. The Morgan fingerprint density at radius 2 is 1.79 bits per heavy atom. The molecule has 24 heavy (non-hydrogen) atoms. The molecule has 0 saturated heterocycles. The van der Waals surface area contributed by atoms with E-state index in [1.165, 1.54) is 12.1 Å². The molecule has 4 heteroatoms. The monoisotopic (exact) mass is 337 g/mol. The van der Waals surface area contributed by atoms with Gasteiger partial charge in [-0.25, -0.2) is 8.78 Å². The van der Waals surface area contributed by atoms with Crippen LogP contribution in [0.15, 0.2) is 60.2 Å². The Morgan fingerprint density at radius 1 is 0.917 bits per heavy atom. The number of nitrogens with zero attached hydrogens (tertiary/aromatic N) is 1. The number of rotatable bonds is 2. The van der Waals surface area contributed by atoms with Crippen molar-refractivity contribution in [1.29, 1.82) is 0 Å². The average Bonchev–Trinajstić information content (AvgIpc) is 2.99. The second kappa shape index (κ2) is 5.80. The summed E-state index contributed by atoms with van der Waals surface area (Å²) in [7, 11) is 0. The normalized spacial score (nSPS) is 11.1. The van der Waals surface area contributed by atoms with Gasteiger partial charge in [0.2, 0.25) is 0 Å². The van der Waals surface area contributed by atoms with Gasteiger partial charge in [-0.3, -0.25) is 4.98 Å². The summed E-state index contributed by atoms with van der Waals surface area (Å²) in [5, 5.41) is 2.89. The minimum Gasteiger partial charge on any atom is -0.264 e. The van der Waals surface area contributed by atoms with Crippen molar-refractivity contribution in [2.24, 2.45) is 0 Å². The number of fused-ring (bicyclic) bond motifs is 1. The SMILES string of the molecule is Cc1ccncc1-c1cccc2c(-c3ccc(F)cc3F)csc12. The van der Waals surface area contributed by atoms with Crippen molar-refractivity contribution in [3.8, 4) is 22.3 Å². The maximum Gasteiger partial charge on any atom is 0.133 e. The summed E-state index contributed by atoms with van der Waals surface area (Å²) >= 11 is 1.56. The first kappa shape index (κ1) is 15.0. The van der Waals surface area contributed by atoms with E-state index in [0.29, 0.717) is 5.56 Å². The van der Waals surface area contributed by atoms with Crippen molar-refractivity contribution in [2.45, 2.75) is 6.92 Å². The van der Waals surface area contributed by atoms with E-state index in [1.807, 2.05) is 42.8 Å². The molecule has 0 amide bonds. The van der Waals surface area contributed by atoms with Gasteiger partial charge in [0, 0.05) is 50.8 Å². The lowest BCUT2D eigenvalue weighted by Crippen LogP contribution is -1.87. The minimum absolute atomic E-state index is 0.419. The molecule has 0 radical (unpaired) electrons. The van der Waals surface area contributed by atoms with Crippen LogP contribution in [0.2, 0.25) is 0 Å². The van der Waals surface area contributed by atoms with Crippen LogP contribution in [-0.4, -0.2) is 4.98 Å². The summed E-state index contributed by atoms with van der Waals surface area (Å²) in [6.07, 6.45) is 3.62. The topological polar surface area (TPSA) is 12.9 Å². The van der Waals surface area contributed by atoms with Crippen LogP contribution in [0.1, 0.15) is 5.56 Å². The molecule has 0 aliphatic heterocycles. The Morgan fingerprint density at radius 3 is 2.58 bits per heavy atom. The Hall–Kier alpha value is -2.59. The van der Waals surface area contributed by atoms with Gasteiger partial charge >= 0.3 is 0 Å². The smallest absolute Gasteiger partial charge is 0.133 e. The first-order valence-electron chi connectivity index (χ1n) is 7.52. The predicted octanol–water partition coefficient (Wildman–Crippen LogP) is 6.22. The first-order valence-corrected chi connectivity index (χ1v) is 8.40. The summed E-state index contributed by atoms with van der Waals surface area (Å²) in [4.78, 5) is 4.22. The Labute approximate surface area is 142 Å². The predicted molar refractivity (Wildman–Crippen MR) is 95.1 cm³/mol. The van der Waals surface area contributed by atoms with Crippen LogP contribution < -0.4 is 0 Å². The van der Waals surface area contributed by atoms with Crippen LogP contribution in [-0.2, 0) is 0 Å². The highest BCUT2D eigenvalue weighted by atomic mass is 32.1. The minimum atomic E-state index is -0.567. The number of pyridine rings is 1. The van der Waals surface area contributed by atoms with E-state index in [1.54, 1.807) is 17.5 Å². The Balaban J connectivity index is 1.96. The highest BCUT2D eigenvalue weighted by molar-refractivity contribution is 7.18. The van der Waals surface area contributed by atoms with Gasteiger partial charge in [0.15, 0.2) is 0 Å². The van der Waals surface area contributed by atoms with Crippen molar-refractivity contribution in [3.63, 3.8) is 0 Å². The van der Waals surface area contributed by atoms with Crippen LogP contribution in [0.25, 0.3) is 32.3 Å². The van der Waals surface area contributed by atoms with Crippen LogP contribution in [0, 0.1) is 18.6 Å². The molecule has 0 fully saturated rings. The van der Waals surface area contributed by atoms with Gasteiger partial charge in [-0.2, -0.15) is 0 Å². The van der Waals surface area contributed by atoms with E-state index < -0.39 is 11.6 Å². The third kappa shape index (κ3) is 2.39. The molecule has 2 aromatic carbocycles. The number of hydrogen-bond donors (Lipinski definition) is 0. The van der Waals surface area contributed by atoms with E-state index >= 15 is 0 Å². The van der Waals surface area contributed by atoms with Crippen molar-refractivity contribution in [2.75, 3.05) is 0 Å². The lowest BCUT2D eigenvalue weighted by molar-refractivity contribution is 0.586. The quantitative estimate of drug-likeness (QED) is 0.423. The molecule has 0 saturated carbocycles. The number of aryl methyl sites for hydroxylation is 1. The Bertz CT molecular complexity index is 1050. The lowest BCUT2D eigenvalue weighted by atomic mass is 9.98. The summed E-state index contributed by atoms with van der Waals surface area (Å²) in [6, 6.07) is 11.7. The van der Waals surface area contributed by atoms with Crippen LogP contribution in [0.5, 0.6) is 0 Å². The van der Waals surface area contributed by atoms with E-state index in [9.17, 15) is 8.78 Å². The van der Waals surface area contributed by atoms with Crippen molar-refractivity contribution in [3.05, 3.63) is 77.4 Å². The molecule has 0 atom stereocenters. The number of thiophene rings is 1. The summed E-state index contributed by atoms with van der Waals surface area (Å²) in [5.74, 6) is -1.11. The number of benzene rings is 2. The molecule has 2 aromatic heterocycles. The van der Waals surface area contributed by atoms with Gasteiger partial charge < -0.3 is 0 Å². The van der Waals surface area contributed by atoms with Gasteiger partial charge in [-0.15, -0.1) is 11.3 Å². The largest absolute Gasteiger partial charge is 0.264 e. The molecule has 118 valence electrons. The van der Waals surface area contributed by atoms with Crippen molar-refractivity contribution < 1.29 is 8.78 Å². The van der Waals surface area contributed by atoms with Gasteiger partial charge in [0.1, 0.15) is 11.6 Å². The molecule has 4 aromatic rings. The zero-order valence-corrected chi connectivity index (χ0v) is 13.7. The molecule has 4 rings (SSSR count). The molecular formula is C20H13F2NS. The number of hydrogen-bond acceptors (Lipinski definition) is 2. The van der Waals surface area contributed by atoms with E-state index in [2.05, 4.69) is 4.98 Å². The second-order valence-electron chi connectivity index (χ2n) is 5.65. The molecule has 0 unspecified atom stereocenters. The van der Waals surface area contributed by atoms with Crippen LogP contribution >= 0.6 is 11.3 Å².